The van der Waals surface area contributed by atoms with Crippen LogP contribution in [0.3, 0.4) is 0 Å². The average molecular weight is 387 g/mol. The van der Waals surface area contributed by atoms with E-state index in [1.807, 2.05) is 41.7 Å². The van der Waals surface area contributed by atoms with Crippen molar-refractivity contribution in [1.82, 2.24) is 25.3 Å². The van der Waals surface area contributed by atoms with Crippen LogP contribution in [0.4, 0.5) is 13.2 Å². The van der Waals surface area contributed by atoms with E-state index in [4.69, 9.17) is 0 Å². The molecule has 1 atom stereocenters. The first-order valence-corrected chi connectivity index (χ1v) is 8.34. The minimum Gasteiger partial charge on any atom is -0.334 e. The summed E-state index contributed by atoms with van der Waals surface area (Å²) in [6, 6.07) is 11.4. The number of carbonyl (C=O) groups is 1. The van der Waals surface area contributed by atoms with Gasteiger partial charge < -0.3 is 5.32 Å². The van der Waals surface area contributed by atoms with E-state index in [-0.39, 0.29) is 11.4 Å². The average Bonchev–Trinajstić information content (AvgIpc) is 3.16. The van der Waals surface area contributed by atoms with Gasteiger partial charge >= 0.3 is 6.18 Å². The van der Waals surface area contributed by atoms with E-state index in [1.54, 1.807) is 6.08 Å². The Labute approximate surface area is 158 Å². The molecular formula is C19H16F3N5O. The molecule has 0 aliphatic carbocycles. The molecule has 0 radical (unpaired) electrons. The number of amides is 1. The molecule has 0 saturated carbocycles. The summed E-state index contributed by atoms with van der Waals surface area (Å²) in [5.41, 5.74) is 0.476. The molecule has 3 rings (SSSR count). The SMILES string of the molecule is O=C(NC(c1ccccn1)C(F)(F)F)c1cn(CC=Cc2ccccc2)nn1. The minimum absolute atomic E-state index is 0.210. The Hall–Kier alpha value is -3.49. The Morgan fingerprint density at radius 3 is 2.57 bits per heavy atom. The molecule has 1 unspecified atom stereocenters. The summed E-state index contributed by atoms with van der Waals surface area (Å²) >= 11 is 0. The van der Waals surface area contributed by atoms with E-state index in [2.05, 4.69) is 15.3 Å². The molecule has 6 nitrogen and oxygen atoms in total. The Bertz CT molecular complexity index is 939. The number of carbonyl (C=O) groups excluding carboxylic acids is 1. The van der Waals surface area contributed by atoms with E-state index in [9.17, 15) is 18.0 Å². The third kappa shape index (κ3) is 5.03. The van der Waals surface area contributed by atoms with Gasteiger partial charge in [-0.2, -0.15) is 13.2 Å². The summed E-state index contributed by atoms with van der Waals surface area (Å²) < 4.78 is 41.3. The van der Waals surface area contributed by atoms with Crippen molar-refractivity contribution >= 4 is 12.0 Å². The van der Waals surface area contributed by atoms with Crippen molar-refractivity contribution in [3.8, 4) is 0 Å². The molecule has 1 aromatic carbocycles. The zero-order valence-electron chi connectivity index (χ0n) is 14.5. The third-order valence-corrected chi connectivity index (χ3v) is 3.76. The maximum absolute atomic E-state index is 13.3. The monoisotopic (exact) mass is 387 g/mol. The van der Waals surface area contributed by atoms with Gasteiger partial charge in [-0.25, -0.2) is 4.68 Å². The van der Waals surface area contributed by atoms with Crippen molar-refractivity contribution in [3.05, 3.63) is 84.0 Å². The maximum atomic E-state index is 13.3. The molecule has 0 aliphatic rings. The van der Waals surface area contributed by atoms with E-state index in [1.165, 1.54) is 35.3 Å². The van der Waals surface area contributed by atoms with Crippen molar-refractivity contribution in [3.63, 3.8) is 0 Å². The number of allylic oxidation sites excluding steroid dienone is 1. The Balaban J connectivity index is 1.66. The summed E-state index contributed by atoms with van der Waals surface area (Å²) in [4.78, 5) is 15.9. The van der Waals surface area contributed by atoms with Gasteiger partial charge in [0.1, 0.15) is 0 Å². The van der Waals surface area contributed by atoms with Crippen molar-refractivity contribution in [2.24, 2.45) is 0 Å². The lowest BCUT2D eigenvalue weighted by atomic mass is 10.1. The number of aromatic nitrogens is 4. The van der Waals surface area contributed by atoms with Crippen LogP contribution in [0.5, 0.6) is 0 Å². The van der Waals surface area contributed by atoms with Gasteiger partial charge in [0.25, 0.3) is 5.91 Å². The highest BCUT2D eigenvalue weighted by Crippen LogP contribution is 2.31. The third-order valence-electron chi connectivity index (χ3n) is 3.76. The van der Waals surface area contributed by atoms with Crippen LogP contribution in [-0.4, -0.2) is 32.1 Å². The number of halogens is 3. The van der Waals surface area contributed by atoms with Gasteiger partial charge in [-0.15, -0.1) is 5.10 Å². The van der Waals surface area contributed by atoms with Crippen molar-refractivity contribution in [2.75, 3.05) is 0 Å². The van der Waals surface area contributed by atoms with Crippen molar-refractivity contribution in [2.45, 2.75) is 18.8 Å². The molecule has 0 bridgehead atoms. The molecule has 0 spiro atoms. The molecule has 1 amide bonds. The fourth-order valence-electron chi connectivity index (χ4n) is 2.43. The predicted octanol–water partition coefficient (Wildman–Crippen LogP) is 3.42. The highest BCUT2D eigenvalue weighted by molar-refractivity contribution is 5.92. The number of hydrogen-bond acceptors (Lipinski definition) is 4. The van der Waals surface area contributed by atoms with Gasteiger partial charge in [-0.3, -0.25) is 9.78 Å². The summed E-state index contributed by atoms with van der Waals surface area (Å²) in [5.74, 6) is -0.980. The fourth-order valence-corrected chi connectivity index (χ4v) is 2.43. The largest absolute Gasteiger partial charge is 0.414 e. The number of rotatable bonds is 6. The van der Waals surface area contributed by atoms with Gasteiger partial charge in [0.15, 0.2) is 11.7 Å². The van der Waals surface area contributed by atoms with Gasteiger partial charge in [-0.1, -0.05) is 53.8 Å². The fraction of sp³-hybridized carbons (Fsp3) is 0.158. The number of alkyl halides is 3. The van der Waals surface area contributed by atoms with E-state index >= 15 is 0 Å². The first-order valence-electron chi connectivity index (χ1n) is 8.34. The first kappa shape index (κ1) is 19.3. The van der Waals surface area contributed by atoms with E-state index in [0.717, 1.165) is 5.56 Å². The highest BCUT2D eigenvalue weighted by atomic mass is 19.4. The molecule has 2 heterocycles. The van der Waals surface area contributed by atoms with E-state index in [0.29, 0.717) is 6.54 Å². The number of benzene rings is 1. The van der Waals surface area contributed by atoms with Crippen LogP contribution in [0.25, 0.3) is 6.08 Å². The second kappa shape index (κ2) is 8.47. The molecule has 3 aromatic rings. The van der Waals surface area contributed by atoms with Crippen molar-refractivity contribution in [1.29, 1.82) is 0 Å². The zero-order chi connectivity index (χ0) is 20.0. The van der Waals surface area contributed by atoms with Gasteiger partial charge in [0.05, 0.1) is 18.4 Å². The van der Waals surface area contributed by atoms with Gasteiger partial charge in [0.2, 0.25) is 0 Å². The van der Waals surface area contributed by atoms with Gasteiger partial charge in [0, 0.05) is 6.20 Å². The normalized spacial score (nSPS) is 12.8. The molecular weight excluding hydrogens is 371 g/mol. The predicted molar refractivity (Wildman–Crippen MR) is 96.0 cm³/mol. The number of hydrogen-bond donors (Lipinski definition) is 1. The molecule has 144 valence electrons. The van der Waals surface area contributed by atoms with Crippen molar-refractivity contribution < 1.29 is 18.0 Å². The zero-order valence-corrected chi connectivity index (χ0v) is 14.5. The lowest BCUT2D eigenvalue weighted by Gasteiger charge is -2.20. The minimum atomic E-state index is -4.70. The molecule has 0 saturated heterocycles. The van der Waals surface area contributed by atoms with Crippen LogP contribution >= 0.6 is 0 Å². The molecule has 2 aromatic heterocycles. The van der Waals surface area contributed by atoms with Crippen LogP contribution in [0.1, 0.15) is 27.8 Å². The molecule has 1 N–H and O–H groups in total. The Kier molecular flexibility index (Phi) is 5.83. The van der Waals surface area contributed by atoms with Crippen LogP contribution < -0.4 is 5.32 Å². The second-order valence-corrected chi connectivity index (χ2v) is 5.84. The highest BCUT2D eigenvalue weighted by Gasteiger charge is 2.43. The van der Waals surface area contributed by atoms with Crippen LogP contribution in [0.15, 0.2) is 67.0 Å². The topological polar surface area (TPSA) is 72.7 Å². The Morgan fingerprint density at radius 1 is 1.14 bits per heavy atom. The van der Waals surface area contributed by atoms with Crippen LogP contribution in [-0.2, 0) is 6.54 Å². The van der Waals surface area contributed by atoms with Gasteiger partial charge in [-0.05, 0) is 17.7 Å². The number of pyridine rings is 1. The number of nitrogens with zero attached hydrogens (tertiary/aromatic N) is 4. The molecule has 0 fully saturated rings. The maximum Gasteiger partial charge on any atom is 0.414 e. The summed E-state index contributed by atoms with van der Waals surface area (Å²) in [6.45, 7) is 0.318. The quantitative estimate of drug-likeness (QED) is 0.704. The molecule has 9 heteroatoms. The second-order valence-electron chi connectivity index (χ2n) is 5.84. The lowest BCUT2D eigenvalue weighted by molar-refractivity contribution is -0.156. The standard InChI is InChI=1S/C19H16F3N5O/c20-19(21,22)17(15-10-4-5-11-23-15)24-18(28)16-13-27(26-25-16)12-6-9-14-7-2-1-3-8-14/h1-11,13,17H,12H2,(H,24,28). The summed E-state index contributed by atoms with van der Waals surface area (Å²) in [5, 5.41) is 9.34. The molecule has 28 heavy (non-hydrogen) atoms. The smallest absolute Gasteiger partial charge is 0.334 e. The van der Waals surface area contributed by atoms with E-state index < -0.39 is 18.1 Å². The summed E-state index contributed by atoms with van der Waals surface area (Å²) in [6.07, 6.45) is 1.49. The Morgan fingerprint density at radius 2 is 1.89 bits per heavy atom. The molecule has 0 aliphatic heterocycles. The lowest BCUT2D eigenvalue weighted by Crippen LogP contribution is -2.38. The van der Waals surface area contributed by atoms with Crippen LogP contribution in [0, 0.1) is 0 Å². The van der Waals surface area contributed by atoms with Crippen LogP contribution in [0.2, 0.25) is 0 Å². The number of nitrogens with one attached hydrogen (secondary N) is 1. The summed E-state index contributed by atoms with van der Waals surface area (Å²) in [7, 11) is 0. The first-order chi connectivity index (χ1) is 13.4.